The maximum Gasteiger partial charge on any atom is 0.240 e. The predicted molar refractivity (Wildman–Crippen MR) is 78.5 cm³/mol. The normalized spacial score (nSPS) is 12.8. The number of sulfonamides is 2. The highest BCUT2D eigenvalue weighted by atomic mass is 32.2. The number of hydrogen-bond donors (Lipinski definition) is 2. The fourth-order valence-electron chi connectivity index (χ4n) is 1.59. The smallest absolute Gasteiger partial charge is 0.215 e. The first-order valence-corrected chi connectivity index (χ1v) is 9.53. The predicted octanol–water partition coefficient (Wildman–Crippen LogP) is 0.465. The van der Waals surface area contributed by atoms with Crippen molar-refractivity contribution in [3.8, 4) is 0 Å². The van der Waals surface area contributed by atoms with Crippen molar-refractivity contribution >= 4 is 20.0 Å². The molecule has 0 radical (unpaired) electrons. The second kappa shape index (κ2) is 6.66. The molecular weight excluding hydrogens is 300 g/mol. The molecule has 0 aliphatic heterocycles. The van der Waals surface area contributed by atoms with Gasteiger partial charge in [-0.15, -0.1) is 0 Å². The van der Waals surface area contributed by atoms with Gasteiger partial charge in [-0.3, -0.25) is 0 Å². The van der Waals surface area contributed by atoms with E-state index < -0.39 is 20.0 Å². The Morgan fingerprint density at radius 1 is 1.05 bits per heavy atom. The molecule has 0 aromatic heterocycles. The summed E-state index contributed by atoms with van der Waals surface area (Å²) in [6.45, 7) is 3.79. The van der Waals surface area contributed by atoms with Gasteiger partial charge in [0.2, 0.25) is 20.0 Å². The summed E-state index contributed by atoms with van der Waals surface area (Å²) in [5.41, 5.74) is 0.865. The van der Waals surface area contributed by atoms with Gasteiger partial charge in [0.1, 0.15) is 0 Å². The molecule has 0 aliphatic rings. The van der Waals surface area contributed by atoms with Crippen LogP contribution in [0, 0.1) is 0 Å². The largest absolute Gasteiger partial charge is 0.240 e. The van der Waals surface area contributed by atoms with Gasteiger partial charge in [0, 0.05) is 12.6 Å². The highest BCUT2D eigenvalue weighted by Crippen LogP contribution is 2.11. The number of rotatable bonds is 7. The summed E-state index contributed by atoms with van der Waals surface area (Å²) in [5.74, 6) is 0. The molecule has 0 unspecified atom stereocenters. The Hall–Kier alpha value is -0.960. The van der Waals surface area contributed by atoms with Gasteiger partial charge in [0.15, 0.2) is 0 Å². The highest BCUT2D eigenvalue weighted by Gasteiger charge is 2.14. The molecule has 0 saturated carbocycles. The molecule has 0 heterocycles. The van der Waals surface area contributed by atoms with Crippen LogP contribution in [0.25, 0.3) is 0 Å². The minimum Gasteiger partial charge on any atom is -0.215 e. The zero-order valence-corrected chi connectivity index (χ0v) is 13.4. The number of hydrogen-bond acceptors (Lipinski definition) is 4. The van der Waals surface area contributed by atoms with E-state index in [-0.39, 0.29) is 17.5 Å². The molecule has 20 heavy (non-hydrogen) atoms. The van der Waals surface area contributed by atoms with Gasteiger partial charge >= 0.3 is 0 Å². The van der Waals surface area contributed by atoms with Crippen molar-refractivity contribution in [3.05, 3.63) is 29.8 Å². The molecule has 0 fully saturated rings. The van der Waals surface area contributed by atoms with Crippen molar-refractivity contribution in [2.45, 2.75) is 31.2 Å². The van der Waals surface area contributed by atoms with E-state index in [9.17, 15) is 16.8 Å². The fraction of sp³-hybridized carbons (Fsp3) is 0.500. The lowest BCUT2D eigenvalue weighted by atomic mass is 10.2. The first kappa shape index (κ1) is 17.1. The van der Waals surface area contributed by atoms with Crippen LogP contribution in [-0.4, -0.2) is 35.7 Å². The van der Waals surface area contributed by atoms with Gasteiger partial charge in [0.25, 0.3) is 0 Å². The highest BCUT2D eigenvalue weighted by molar-refractivity contribution is 7.89. The molecule has 114 valence electrons. The van der Waals surface area contributed by atoms with E-state index >= 15 is 0 Å². The third-order valence-corrected chi connectivity index (χ3v) is 4.81. The first-order valence-electron chi connectivity index (χ1n) is 6.16. The molecule has 6 nitrogen and oxygen atoms in total. The molecule has 8 heteroatoms. The Balaban J connectivity index is 2.70. The lowest BCUT2D eigenvalue weighted by molar-refractivity contribution is 0.570. The second-order valence-corrected chi connectivity index (χ2v) is 8.38. The van der Waals surface area contributed by atoms with Gasteiger partial charge in [-0.05, 0) is 38.0 Å². The van der Waals surface area contributed by atoms with Crippen molar-refractivity contribution in [1.82, 2.24) is 9.44 Å². The SMILES string of the molecule is CC(C)NS(=O)(=O)c1ccc(CCNS(C)(=O)=O)cc1. The van der Waals surface area contributed by atoms with Crippen LogP contribution in [0.2, 0.25) is 0 Å². The zero-order valence-electron chi connectivity index (χ0n) is 11.8. The molecule has 1 aromatic carbocycles. The van der Waals surface area contributed by atoms with Crippen molar-refractivity contribution in [2.75, 3.05) is 12.8 Å². The third-order valence-electron chi connectivity index (χ3n) is 2.40. The van der Waals surface area contributed by atoms with Gasteiger partial charge in [-0.1, -0.05) is 12.1 Å². The molecule has 0 aliphatic carbocycles. The lowest BCUT2D eigenvalue weighted by Crippen LogP contribution is -2.30. The Labute approximate surface area is 120 Å². The van der Waals surface area contributed by atoms with E-state index in [0.717, 1.165) is 11.8 Å². The van der Waals surface area contributed by atoms with Crippen molar-refractivity contribution < 1.29 is 16.8 Å². The maximum atomic E-state index is 11.9. The van der Waals surface area contributed by atoms with E-state index in [1.165, 1.54) is 12.1 Å². The summed E-state index contributed by atoms with van der Waals surface area (Å²) in [4.78, 5) is 0.200. The van der Waals surface area contributed by atoms with Gasteiger partial charge in [-0.2, -0.15) is 0 Å². The van der Waals surface area contributed by atoms with E-state index in [1.807, 2.05) is 0 Å². The quantitative estimate of drug-likeness (QED) is 0.763. The molecule has 1 rings (SSSR count). The summed E-state index contributed by atoms with van der Waals surface area (Å²) in [6, 6.07) is 6.22. The molecular formula is C12H20N2O4S2. The Kier molecular flexibility index (Phi) is 5.69. The summed E-state index contributed by atoms with van der Waals surface area (Å²) < 4.78 is 50.5. The van der Waals surface area contributed by atoms with Crippen LogP contribution in [-0.2, 0) is 26.5 Å². The lowest BCUT2D eigenvalue weighted by Gasteiger charge is -2.10. The van der Waals surface area contributed by atoms with E-state index in [4.69, 9.17) is 0 Å². The molecule has 0 amide bonds. The van der Waals surface area contributed by atoms with Crippen LogP contribution >= 0.6 is 0 Å². The van der Waals surface area contributed by atoms with E-state index in [0.29, 0.717) is 6.42 Å². The van der Waals surface area contributed by atoms with E-state index in [2.05, 4.69) is 9.44 Å². The second-order valence-electron chi connectivity index (χ2n) is 4.84. The molecule has 1 aromatic rings. The number of benzene rings is 1. The van der Waals surface area contributed by atoms with Gasteiger partial charge in [-0.25, -0.2) is 26.3 Å². The summed E-state index contributed by atoms with van der Waals surface area (Å²) in [5, 5.41) is 0. The molecule has 2 N–H and O–H groups in total. The zero-order chi connectivity index (χ0) is 15.4. The first-order chi connectivity index (χ1) is 9.10. The molecule has 0 spiro atoms. The topological polar surface area (TPSA) is 92.3 Å². The average Bonchev–Trinajstić information content (AvgIpc) is 2.26. The monoisotopic (exact) mass is 320 g/mol. The van der Waals surface area contributed by atoms with Crippen molar-refractivity contribution in [2.24, 2.45) is 0 Å². The van der Waals surface area contributed by atoms with Gasteiger partial charge < -0.3 is 0 Å². The van der Waals surface area contributed by atoms with Crippen molar-refractivity contribution in [3.63, 3.8) is 0 Å². The standard InChI is InChI=1S/C12H20N2O4S2/c1-10(2)14-20(17,18)12-6-4-11(5-7-12)8-9-13-19(3,15)16/h4-7,10,13-14H,8-9H2,1-3H3. The summed E-state index contributed by atoms with van der Waals surface area (Å²) in [7, 11) is -6.68. The Bertz CT molecular complexity index is 635. The van der Waals surface area contributed by atoms with Crippen LogP contribution in [0.4, 0.5) is 0 Å². The molecule has 0 saturated heterocycles. The van der Waals surface area contributed by atoms with E-state index in [1.54, 1.807) is 26.0 Å². The van der Waals surface area contributed by atoms with Crippen molar-refractivity contribution in [1.29, 1.82) is 0 Å². The van der Waals surface area contributed by atoms with Crippen LogP contribution in [0.5, 0.6) is 0 Å². The fourth-order valence-corrected chi connectivity index (χ4v) is 3.32. The number of nitrogens with one attached hydrogen (secondary N) is 2. The summed E-state index contributed by atoms with van der Waals surface area (Å²) >= 11 is 0. The van der Waals surface area contributed by atoms with Crippen LogP contribution in [0.15, 0.2) is 29.2 Å². The molecule has 0 bridgehead atoms. The molecule has 0 atom stereocenters. The summed E-state index contributed by atoms with van der Waals surface area (Å²) in [6.07, 6.45) is 1.60. The maximum absolute atomic E-state index is 11.9. The van der Waals surface area contributed by atoms with Crippen LogP contribution < -0.4 is 9.44 Å². The minimum absolute atomic E-state index is 0.168. The third kappa shape index (κ3) is 6.00. The Morgan fingerprint density at radius 3 is 2.05 bits per heavy atom. The average molecular weight is 320 g/mol. The Morgan fingerprint density at radius 2 is 1.60 bits per heavy atom. The minimum atomic E-state index is -3.48. The van der Waals surface area contributed by atoms with Gasteiger partial charge in [0.05, 0.1) is 11.2 Å². The van der Waals surface area contributed by atoms with Crippen LogP contribution in [0.3, 0.4) is 0 Å². The van der Waals surface area contributed by atoms with Crippen LogP contribution in [0.1, 0.15) is 19.4 Å².